The maximum absolute atomic E-state index is 5.23. The highest BCUT2D eigenvalue weighted by Gasteiger charge is 2.02. The molecule has 0 radical (unpaired) electrons. The SMILES string of the molecule is C#CCN(CC#C)Cc1ccccn1. The summed E-state index contributed by atoms with van der Waals surface area (Å²) in [7, 11) is 0. The molecule has 0 unspecified atom stereocenters. The third kappa shape index (κ3) is 3.31. The van der Waals surface area contributed by atoms with E-state index in [0.717, 1.165) is 5.69 Å². The predicted octanol–water partition coefficient (Wildman–Crippen LogP) is 1.15. The minimum Gasteiger partial charge on any atom is -0.275 e. The van der Waals surface area contributed by atoms with Gasteiger partial charge in [0, 0.05) is 12.7 Å². The molecule has 0 saturated heterocycles. The molecule has 2 heteroatoms. The van der Waals surface area contributed by atoms with E-state index in [1.807, 2.05) is 23.1 Å². The summed E-state index contributed by atoms with van der Waals surface area (Å²) in [5.74, 6) is 5.15. The van der Waals surface area contributed by atoms with Crippen LogP contribution < -0.4 is 0 Å². The summed E-state index contributed by atoms with van der Waals surface area (Å²) < 4.78 is 0. The van der Waals surface area contributed by atoms with E-state index in [1.165, 1.54) is 0 Å². The van der Waals surface area contributed by atoms with Gasteiger partial charge >= 0.3 is 0 Å². The Kier molecular flexibility index (Phi) is 4.27. The Morgan fingerprint density at radius 3 is 2.43 bits per heavy atom. The van der Waals surface area contributed by atoms with E-state index in [4.69, 9.17) is 12.8 Å². The Morgan fingerprint density at radius 2 is 1.93 bits per heavy atom. The molecular weight excluding hydrogens is 172 g/mol. The Hall–Kier alpha value is -1.77. The maximum atomic E-state index is 5.23. The summed E-state index contributed by atoms with van der Waals surface area (Å²) in [6.07, 6.45) is 12.2. The lowest BCUT2D eigenvalue weighted by Gasteiger charge is -2.15. The molecule has 0 aromatic carbocycles. The van der Waals surface area contributed by atoms with E-state index >= 15 is 0 Å². The molecule has 2 nitrogen and oxygen atoms in total. The van der Waals surface area contributed by atoms with Gasteiger partial charge in [-0.15, -0.1) is 12.8 Å². The monoisotopic (exact) mass is 184 g/mol. The number of rotatable bonds is 4. The summed E-state index contributed by atoms with van der Waals surface area (Å²) >= 11 is 0. The molecule has 0 N–H and O–H groups in total. The molecular formula is C12H12N2. The fourth-order valence-electron chi connectivity index (χ4n) is 1.15. The highest BCUT2D eigenvalue weighted by atomic mass is 15.1. The minimum absolute atomic E-state index is 0.556. The summed E-state index contributed by atoms with van der Waals surface area (Å²) in [4.78, 5) is 6.19. The summed E-state index contributed by atoms with van der Waals surface area (Å²) in [6.45, 7) is 1.82. The first-order valence-corrected chi connectivity index (χ1v) is 4.36. The first-order chi connectivity index (χ1) is 6.86. The van der Waals surface area contributed by atoms with Crippen molar-refractivity contribution in [2.24, 2.45) is 0 Å². The predicted molar refractivity (Wildman–Crippen MR) is 57.2 cm³/mol. The van der Waals surface area contributed by atoms with Gasteiger partial charge in [0.2, 0.25) is 0 Å². The number of hydrogen-bond donors (Lipinski definition) is 0. The van der Waals surface area contributed by atoms with E-state index in [2.05, 4.69) is 16.8 Å². The van der Waals surface area contributed by atoms with Gasteiger partial charge in [-0.05, 0) is 12.1 Å². The van der Waals surface area contributed by atoms with Crippen molar-refractivity contribution in [2.45, 2.75) is 6.54 Å². The zero-order valence-corrected chi connectivity index (χ0v) is 7.98. The van der Waals surface area contributed by atoms with E-state index in [9.17, 15) is 0 Å². The third-order valence-corrected chi connectivity index (χ3v) is 1.74. The van der Waals surface area contributed by atoms with E-state index in [1.54, 1.807) is 6.20 Å². The quantitative estimate of drug-likeness (QED) is 0.652. The Morgan fingerprint density at radius 1 is 1.21 bits per heavy atom. The van der Waals surface area contributed by atoms with Crippen molar-refractivity contribution in [1.29, 1.82) is 0 Å². The normalized spacial score (nSPS) is 9.36. The topological polar surface area (TPSA) is 16.1 Å². The lowest BCUT2D eigenvalue weighted by Crippen LogP contribution is -2.24. The van der Waals surface area contributed by atoms with Crippen LogP contribution in [0, 0.1) is 24.7 Å². The lowest BCUT2D eigenvalue weighted by molar-refractivity contribution is 0.333. The van der Waals surface area contributed by atoms with Gasteiger partial charge < -0.3 is 0 Å². The second-order valence-electron chi connectivity index (χ2n) is 2.87. The van der Waals surface area contributed by atoms with Crippen LogP contribution in [0.15, 0.2) is 24.4 Å². The molecule has 1 rings (SSSR count). The molecule has 0 fully saturated rings. The molecule has 0 bridgehead atoms. The molecule has 14 heavy (non-hydrogen) atoms. The van der Waals surface area contributed by atoms with Gasteiger partial charge in [0.25, 0.3) is 0 Å². The largest absolute Gasteiger partial charge is 0.275 e. The van der Waals surface area contributed by atoms with Crippen molar-refractivity contribution in [3.8, 4) is 24.7 Å². The second-order valence-corrected chi connectivity index (χ2v) is 2.87. The smallest absolute Gasteiger partial charge is 0.0611 e. The highest BCUT2D eigenvalue weighted by Crippen LogP contribution is 1.99. The number of pyridine rings is 1. The van der Waals surface area contributed by atoms with Gasteiger partial charge in [0.05, 0.1) is 18.8 Å². The first-order valence-electron chi connectivity index (χ1n) is 4.36. The van der Waals surface area contributed by atoms with Gasteiger partial charge in [-0.2, -0.15) is 0 Å². The van der Waals surface area contributed by atoms with Crippen LogP contribution in [0.4, 0.5) is 0 Å². The fraction of sp³-hybridized carbons (Fsp3) is 0.250. The maximum Gasteiger partial charge on any atom is 0.0611 e. The van der Waals surface area contributed by atoms with Crippen molar-refractivity contribution >= 4 is 0 Å². The summed E-state index contributed by atoms with van der Waals surface area (Å²) in [5, 5.41) is 0. The van der Waals surface area contributed by atoms with Crippen LogP contribution in [0.25, 0.3) is 0 Å². The summed E-state index contributed by atoms with van der Waals surface area (Å²) in [5.41, 5.74) is 0.984. The summed E-state index contributed by atoms with van der Waals surface area (Å²) in [6, 6.07) is 5.79. The van der Waals surface area contributed by atoms with Crippen LogP contribution >= 0.6 is 0 Å². The highest BCUT2D eigenvalue weighted by molar-refractivity contribution is 5.05. The standard InChI is InChI=1S/C12H12N2/c1-3-9-14(10-4-2)11-12-7-5-6-8-13-12/h1-2,5-8H,9-11H2. The molecule has 0 saturated carbocycles. The molecule has 70 valence electrons. The van der Waals surface area contributed by atoms with Crippen LogP contribution in [0.3, 0.4) is 0 Å². The van der Waals surface area contributed by atoms with Crippen molar-refractivity contribution in [3.05, 3.63) is 30.1 Å². The molecule has 1 heterocycles. The Labute approximate surface area is 85.0 Å². The molecule has 0 atom stereocenters. The van der Waals surface area contributed by atoms with E-state index in [0.29, 0.717) is 19.6 Å². The van der Waals surface area contributed by atoms with Gasteiger partial charge in [-0.1, -0.05) is 17.9 Å². The fourth-order valence-corrected chi connectivity index (χ4v) is 1.15. The van der Waals surface area contributed by atoms with Crippen LogP contribution in [0.2, 0.25) is 0 Å². The van der Waals surface area contributed by atoms with Crippen molar-refractivity contribution < 1.29 is 0 Å². The minimum atomic E-state index is 0.556. The van der Waals surface area contributed by atoms with Crippen molar-refractivity contribution in [1.82, 2.24) is 9.88 Å². The Balaban J connectivity index is 2.57. The molecule has 0 spiro atoms. The van der Waals surface area contributed by atoms with Crippen LogP contribution in [0.1, 0.15) is 5.69 Å². The second kappa shape index (κ2) is 5.80. The molecule has 1 aromatic heterocycles. The lowest BCUT2D eigenvalue weighted by atomic mass is 10.3. The molecule has 0 amide bonds. The van der Waals surface area contributed by atoms with Crippen molar-refractivity contribution in [3.63, 3.8) is 0 Å². The van der Waals surface area contributed by atoms with E-state index < -0.39 is 0 Å². The average Bonchev–Trinajstić information content (AvgIpc) is 2.20. The third-order valence-electron chi connectivity index (χ3n) is 1.74. The number of terminal acetylenes is 2. The molecule has 0 aliphatic heterocycles. The number of hydrogen-bond acceptors (Lipinski definition) is 2. The van der Waals surface area contributed by atoms with Gasteiger partial charge in [-0.3, -0.25) is 9.88 Å². The van der Waals surface area contributed by atoms with Crippen LogP contribution in [-0.2, 0) is 6.54 Å². The van der Waals surface area contributed by atoms with E-state index in [-0.39, 0.29) is 0 Å². The number of nitrogens with zero attached hydrogens (tertiary/aromatic N) is 2. The molecule has 0 aliphatic rings. The van der Waals surface area contributed by atoms with Crippen LogP contribution in [0.5, 0.6) is 0 Å². The zero-order valence-electron chi connectivity index (χ0n) is 7.98. The van der Waals surface area contributed by atoms with Crippen LogP contribution in [-0.4, -0.2) is 23.0 Å². The first kappa shape index (κ1) is 10.3. The van der Waals surface area contributed by atoms with Crippen molar-refractivity contribution in [2.75, 3.05) is 13.1 Å². The average molecular weight is 184 g/mol. The Bertz CT molecular complexity index is 327. The number of aromatic nitrogens is 1. The van der Waals surface area contributed by atoms with Gasteiger partial charge in [0.1, 0.15) is 0 Å². The zero-order chi connectivity index (χ0) is 10.2. The van der Waals surface area contributed by atoms with Gasteiger partial charge in [-0.25, -0.2) is 0 Å². The molecule has 0 aliphatic carbocycles. The van der Waals surface area contributed by atoms with Gasteiger partial charge in [0.15, 0.2) is 0 Å². The molecule has 1 aromatic rings.